The summed E-state index contributed by atoms with van der Waals surface area (Å²) < 4.78 is 28.4. The van der Waals surface area contributed by atoms with Crippen LogP contribution in [0.2, 0.25) is 0 Å². The summed E-state index contributed by atoms with van der Waals surface area (Å²) in [7, 11) is -2.95. The number of rotatable bonds is 7. The summed E-state index contributed by atoms with van der Waals surface area (Å²) in [5, 5.41) is 2.85. The fourth-order valence-corrected chi connectivity index (χ4v) is 4.78. The molecule has 1 amide bonds. The molecule has 0 aliphatic carbocycles. The van der Waals surface area contributed by atoms with Crippen molar-refractivity contribution in [2.24, 2.45) is 0 Å². The van der Waals surface area contributed by atoms with E-state index in [9.17, 15) is 13.2 Å². The van der Waals surface area contributed by atoms with Crippen molar-refractivity contribution < 1.29 is 17.9 Å². The lowest BCUT2D eigenvalue weighted by atomic mass is 10.2. The van der Waals surface area contributed by atoms with Crippen molar-refractivity contribution >= 4 is 15.7 Å². The van der Waals surface area contributed by atoms with Crippen LogP contribution in [0.5, 0.6) is 0 Å². The summed E-state index contributed by atoms with van der Waals surface area (Å²) in [4.78, 5) is 16.6. The zero-order valence-corrected chi connectivity index (χ0v) is 15.0. The van der Waals surface area contributed by atoms with E-state index in [0.29, 0.717) is 13.0 Å². The normalized spacial score (nSPS) is 28.1. The van der Waals surface area contributed by atoms with E-state index in [2.05, 4.69) is 22.0 Å². The van der Waals surface area contributed by atoms with E-state index in [1.165, 1.54) is 0 Å². The van der Waals surface area contributed by atoms with Crippen molar-refractivity contribution in [2.45, 2.75) is 32.4 Å². The Hall–Kier alpha value is -0.700. The van der Waals surface area contributed by atoms with E-state index >= 15 is 0 Å². The van der Waals surface area contributed by atoms with Crippen LogP contribution in [-0.2, 0) is 19.4 Å². The largest absolute Gasteiger partial charge is 0.376 e. The van der Waals surface area contributed by atoms with Gasteiger partial charge in [-0.3, -0.25) is 14.6 Å². The second kappa shape index (κ2) is 8.41. The van der Waals surface area contributed by atoms with Crippen molar-refractivity contribution in [3.05, 3.63) is 0 Å². The molecule has 0 aromatic carbocycles. The van der Waals surface area contributed by atoms with Gasteiger partial charge < -0.3 is 10.1 Å². The maximum atomic E-state index is 12.1. The molecule has 7 nitrogen and oxygen atoms in total. The van der Waals surface area contributed by atoms with Crippen LogP contribution < -0.4 is 5.32 Å². The quantitative estimate of drug-likeness (QED) is 0.658. The highest BCUT2D eigenvalue weighted by Crippen LogP contribution is 2.11. The van der Waals surface area contributed by atoms with E-state index in [1.54, 1.807) is 0 Å². The van der Waals surface area contributed by atoms with Gasteiger partial charge >= 0.3 is 0 Å². The molecule has 134 valence electrons. The van der Waals surface area contributed by atoms with Gasteiger partial charge in [0.05, 0.1) is 30.8 Å². The average molecular weight is 347 g/mol. The van der Waals surface area contributed by atoms with Gasteiger partial charge in [-0.05, 0) is 19.9 Å². The molecule has 2 heterocycles. The second-order valence-electron chi connectivity index (χ2n) is 6.52. The molecular weight excluding hydrogens is 318 g/mol. The third kappa shape index (κ3) is 6.37. The van der Waals surface area contributed by atoms with E-state index in [-0.39, 0.29) is 29.6 Å². The molecule has 2 saturated heterocycles. The molecule has 2 atom stereocenters. The summed E-state index contributed by atoms with van der Waals surface area (Å²) in [5.74, 6) is 0.186. The topological polar surface area (TPSA) is 79.0 Å². The van der Waals surface area contributed by atoms with Crippen LogP contribution >= 0.6 is 0 Å². The van der Waals surface area contributed by atoms with E-state index in [4.69, 9.17) is 4.74 Å². The van der Waals surface area contributed by atoms with Crippen molar-refractivity contribution in [1.82, 2.24) is 15.1 Å². The lowest BCUT2D eigenvalue weighted by Gasteiger charge is -2.32. The van der Waals surface area contributed by atoms with Crippen LogP contribution in [0.3, 0.4) is 0 Å². The Balaban J connectivity index is 1.70. The predicted molar refractivity (Wildman–Crippen MR) is 89.2 cm³/mol. The van der Waals surface area contributed by atoms with Crippen LogP contribution in [-0.4, -0.2) is 93.7 Å². The Morgan fingerprint density at radius 3 is 2.83 bits per heavy atom. The van der Waals surface area contributed by atoms with Crippen LogP contribution in [0.15, 0.2) is 0 Å². The molecule has 0 aromatic heterocycles. The number of nitrogens with one attached hydrogen (secondary N) is 1. The number of nitrogens with zero attached hydrogens (tertiary/aromatic N) is 2. The van der Waals surface area contributed by atoms with Gasteiger partial charge in [0, 0.05) is 32.2 Å². The third-order valence-electron chi connectivity index (χ3n) is 4.47. The minimum atomic E-state index is -2.95. The number of likely N-dealkylation sites (N-methyl/N-ethyl adjacent to an activating group) is 1. The maximum Gasteiger partial charge on any atom is 0.234 e. The van der Waals surface area contributed by atoms with Gasteiger partial charge in [0.15, 0.2) is 9.84 Å². The van der Waals surface area contributed by atoms with Crippen molar-refractivity contribution in [3.63, 3.8) is 0 Å². The molecular formula is C15H29N3O4S. The smallest absolute Gasteiger partial charge is 0.234 e. The van der Waals surface area contributed by atoms with Crippen LogP contribution in [0.1, 0.15) is 20.3 Å². The average Bonchev–Trinajstić information content (AvgIpc) is 2.82. The van der Waals surface area contributed by atoms with Crippen molar-refractivity contribution in [1.29, 1.82) is 0 Å². The molecule has 0 spiro atoms. The number of hydrogen-bond acceptors (Lipinski definition) is 6. The highest BCUT2D eigenvalue weighted by molar-refractivity contribution is 7.91. The lowest BCUT2D eigenvalue weighted by Crippen LogP contribution is -2.47. The van der Waals surface area contributed by atoms with Crippen LogP contribution in [0.4, 0.5) is 0 Å². The van der Waals surface area contributed by atoms with Crippen LogP contribution in [0, 0.1) is 0 Å². The van der Waals surface area contributed by atoms with Gasteiger partial charge in [-0.1, -0.05) is 6.92 Å². The highest BCUT2D eigenvalue weighted by atomic mass is 32.2. The van der Waals surface area contributed by atoms with Crippen molar-refractivity contribution in [2.75, 3.05) is 57.4 Å². The van der Waals surface area contributed by atoms with Gasteiger partial charge in [-0.2, -0.15) is 0 Å². The zero-order chi connectivity index (χ0) is 16.9. The number of amides is 1. The highest BCUT2D eigenvalue weighted by Gasteiger charge is 2.29. The minimum Gasteiger partial charge on any atom is -0.376 e. The molecule has 8 heteroatoms. The molecule has 2 rings (SSSR count). The monoisotopic (exact) mass is 347 g/mol. The molecule has 0 radical (unpaired) electrons. The summed E-state index contributed by atoms with van der Waals surface area (Å²) in [6, 6.07) is -0.216. The minimum absolute atomic E-state index is 0.0794. The molecule has 23 heavy (non-hydrogen) atoms. The zero-order valence-electron chi connectivity index (χ0n) is 14.2. The summed E-state index contributed by atoms with van der Waals surface area (Å²) in [6.07, 6.45) is 0.803. The fraction of sp³-hybridized carbons (Fsp3) is 0.933. The molecule has 0 aromatic rings. The van der Waals surface area contributed by atoms with Gasteiger partial charge in [0.25, 0.3) is 0 Å². The Bertz CT molecular complexity index is 497. The van der Waals surface area contributed by atoms with E-state index < -0.39 is 9.84 Å². The molecule has 2 fully saturated rings. The summed E-state index contributed by atoms with van der Waals surface area (Å²) in [6.45, 7) is 9.64. The molecule has 1 N–H and O–H groups in total. The predicted octanol–water partition coefficient (Wildman–Crippen LogP) is -0.668. The Morgan fingerprint density at radius 1 is 1.43 bits per heavy atom. The Morgan fingerprint density at radius 2 is 2.22 bits per heavy atom. The Labute approximate surface area is 139 Å². The maximum absolute atomic E-state index is 12.1. The second-order valence-corrected chi connectivity index (χ2v) is 8.75. The lowest BCUT2D eigenvalue weighted by molar-refractivity contribution is -0.122. The molecule has 0 bridgehead atoms. The standard InChI is InChI=1S/C15H29N3O4S/c1-3-17(5-6-18-7-8-22-13(2)10-18)11-15(19)16-14-4-9-23(20,21)12-14/h13-14H,3-12H2,1-2H3,(H,16,19)/t13-,14-/m1/s1. The van der Waals surface area contributed by atoms with Gasteiger partial charge in [0.2, 0.25) is 5.91 Å². The molecule has 2 aliphatic rings. The first kappa shape index (κ1) is 18.6. The first-order chi connectivity index (χ1) is 10.9. The molecule has 2 aliphatic heterocycles. The first-order valence-electron chi connectivity index (χ1n) is 8.44. The number of ether oxygens (including phenoxy) is 1. The number of carbonyl (C=O) groups is 1. The number of carbonyl (C=O) groups excluding carboxylic acids is 1. The van der Waals surface area contributed by atoms with E-state index in [1.807, 2.05) is 6.92 Å². The first-order valence-corrected chi connectivity index (χ1v) is 10.3. The van der Waals surface area contributed by atoms with Gasteiger partial charge in [-0.25, -0.2) is 8.42 Å². The fourth-order valence-electron chi connectivity index (χ4n) is 3.11. The van der Waals surface area contributed by atoms with E-state index in [0.717, 1.165) is 39.3 Å². The number of hydrogen-bond donors (Lipinski definition) is 1. The summed E-state index contributed by atoms with van der Waals surface area (Å²) >= 11 is 0. The molecule has 0 saturated carbocycles. The SMILES string of the molecule is CCN(CCN1CCO[C@H](C)C1)CC(=O)N[C@@H]1CCS(=O)(=O)C1. The summed E-state index contributed by atoms with van der Waals surface area (Å²) in [5.41, 5.74) is 0. The Kier molecular flexibility index (Phi) is 6.82. The third-order valence-corrected chi connectivity index (χ3v) is 6.24. The van der Waals surface area contributed by atoms with Crippen LogP contribution in [0.25, 0.3) is 0 Å². The van der Waals surface area contributed by atoms with Crippen molar-refractivity contribution in [3.8, 4) is 0 Å². The van der Waals surface area contributed by atoms with Gasteiger partial charge in [0.1, 0.15) is 0 Å². The van der Waals surface area contributed by atoms with Gasteiger partial charge in [-0.15, -0.1) is 0 Å². The number of sulfone groups is 1. The number of morpholine rings is 1. The molecule has 0 unspecified atom stereocenters.